The van der Waals surface area contributed by atoms with E-state index in [0.717, 1.165) is 23.1 Å². The Hall–Kier alpha value is -2.48. The molecule has 0 aliphatic carbocycles. The molecule has 0 spiro atoms. The molecule has 0 bridgehead atoms. The fraction of sp³-hybridized carbons (Fsp3) is 0.154. The topological polar surface area (TPSA) is 124 Å². The van der Waals surface area contributed by atoms with Crippen molar-refractivity contribution >= 4 is 22.9 Å². The van der Waals surface area contributed by atoms with E-state index in [2.05, 4.69) is 9.98 Å². The van der Waals surface area contributed by atoms with Crippen LogP contribution in [0.4, 0.5) is 0 Å². The first kappa shape index (κ1) is 14.9. The van der Waals surface area contributed by atoms with Crippen molar-refractivity contribution in [3.05, 3.63) is 36.4 Å². The predicted molar refractivity (Wildman–Crippen MR) is 83.3 cm³/mol. The lowest BCUT2D eigenvalue weighted by Gasteiger charge is -2.01. The fourth-order valence-electron chi connectivity index (χ4n) is 1.57. The molecule has 1 aromatic carbocycles. The number of nitrogens with zero attached hydrogens (tertiary/aromatic N) is 2. The minimum Gasteiger partial charge on any atom is -0.497 e. The third-order valence-electron chi connectivity index (χ3n) is 2.47. The predicted octanol–water partition coefficient (Wildman–Crippen LogP) is 1.79. The number of rotatable bonds is 4. The minimum absolute atomic E-state index is 0.0103. The van der Waals surface area contributed by atoms with Gasteiger partial charge in [0.1, 0.15) is 5.75 Å². The largest absolute Gasteiger partial charge is 0.497 e. The molecule has 1 aromatic heterocycles. The number of oxazole rings is 1. The van der Waals surface area contributed by atoms with Crippen molar-refractivity contribution in [2.75, 3.05) is 7.11 Å². The number of amidine groups is 1. The van der Waals surface area contributed by atoms with Crippen LogP contribution in [0.1, 0.15) is 5.89 Å². The number of aromatic nitrogens is 1. The molecule has 2 rings (SSSR count). The highest BCUT2D eigenvalue weighted by molar-refractivity contribution is 8.13. The van der Waals surface area contributed by atoms with Crippen LogP contribution in [0.5, 0.6) is 5.75 Å². The van der Waals surface area contributed by atoms with Crippen LogP contribution in [0.25, 0.3) is 11.3 Å². The van der Waals surface area contributed by atoms with Crippen LogP contribution in [0.2, 0.25) is 0 Å². The lowest BCUT2D eigenvalue weighted by molar-refractivity contribution is 0.414. The Morgan fingerprint density at radius 1 is 1.48 bits per heavy atom. The van der Waals surface area contributed by atoms with Crippen molar-refractivity contribution in [3.8, 4) is 17.1 Å². The summed E-state index contributed by atoms with van der Waals surface area (Å²) < 4.78 is 10.8. The Morgan fingerprint density at radius 2 is 2.29 bits per heavy atom. The number of ether oxygens (including phenoxy) is 1. The number of aliphatic imine (C=N–C) groups is 1. The van der Waals surface area contributed by atoms with Crippen molar-refractivity contribution < 1.29 is 9.15 Å². The zero-order valence-electron chi connectivity index (χ0n) is 11.4. The van der Waals surface area contributed by atoms with E-state index in [9.17, 15) is 0 Å². The number of thioether (sulfide) groups is 1. The van der Waals surface area contributed by atoms with Gasteiger partial charge in [0.2, 0.25) is 5.89 Å². The first-order valence-electron chi connectivity index (χ1n) is 5.98. The summed E-state index contributed by atoms with van der Waals surface area (Å²) in [7, 11) is 1.61. The van der Waals surface area contributed by atoms with Crippen molar-refractivity contribution in [3.63, 3.8) is 0 Å². The van der Waals surface area contributed by atoms with Crippen LogP contribution in [0.15, 0.2) is 39.9 Å². The van der Waals surface area contributed by atoms with E-state index in [4.69, 9.17) is 26.0 Å². The molecule has 1 heterocycles. The second-order valence-electron chi connectivity index (χ2n) is 3.98. The van der Waals surface area contributed by atoms with E-state index < -0.39 is 0 Å². The molecule has 0 aliphatic rings. The van der Waals surface area contributed by atoms with Gasteiger partial charge in [0.25, 0.3) is 0 Å². The number of methoxy groups -OCH3 is 1. The molecule has 0 aliphatic heterocycles. The van der Waals surface area contributed by atoms with E-state index in [1.165, 1.54) is 0 Å². The van der Waals surface area contributed by atoms with Gasteiger partial charge < -0.3 is 20.6 Å². The molecule has 21 heavy (non-hydrogen) atoms. The van der Waals surface area contributed by atoms with Crippen molar-refractivity contribution in [2.24, 2.45) is 16.5 Å². The van der Waals surface area contributed by atoms with Crippen LogP contribution in [0, 0.1) is 5.41 Å². The Bertz CT molecular complexity index is 664. The van der Waals surface area contributed by atoms with Gasteiger partial charge in [-0.3, -0.25) is 5.41 Å². The lowest BCUT2D eigenvalue weighted by Crippen LogP contribution is -2.23. The molecule has 0 unspecified atom stereocenters. The highest BCUT2D eigenvalue weighted by atomic mass is 32.2. The summed E-state index contributed by atoms with van der Waals surface area (Å²) in [6.07, 6.45) is 1.63. The minimum atomic E-state index is -0.142. The molecule has 7 nitrogen and oxygen atoms in total. The van der Waals surface area contributed by atoms with E-state index in [-0.39, 0.29) is 11.1 Å². The smallest absolute Gasteiger partial charge is 0.205 e. The second kappa shape index (κ2) is 6.80. The highest BCUT2D eigenvalue weighted by Gasteiger charge is 2.08. The number of benzene rings is 1. The summed E-state index contributed by atoms with van der Waals surface area (Å²) >= 11 is 1.13. The summed E-state index contributed by atoms with van der Waals surface area (Å²) in [6, 6.07) is 7.49. The number of guanidine groups is 1. The third kappa shape index (κ3) is 4.25. The van der Waals surface area contributed by atoms with Gasteiger partial charge in [0.05, 0.1) is 19.1 Å². The fourth-order valence-corrected chi connectivity index (χ4v) is 2.13. The van der Waals surface area contributed by atoms with Gasteiger partial charge in [0, 0.05) is 5.56 Å². The molecule has 5 N–H and O–H groups in total. The van der Waals surface area contributed by atoms with Crippen LogP contribution in [-0.2, 0) is 5.75 Å². The maximum absolute atomic E-state index is 7.52. The number of hydrogen-bond acceptors (Lipinski definition) is 5. The van der Waals surface area contributed by atoms with Crippen molar-refractivity contribution in [1.29, 1.82) is 5.41 Å². The van der Waals surface area contributed by atoms with Gasteiger partial charge in [-0.15, -0.1) is 0 Å². The van der Waals surface area contributed by atoms with E-state index in [1.54, 1.807) is 13.3 Å². The van der Waals surface area contributed by atoms with Crippen LogP contribution >= 0.6 is 11.8 Å². The monoisotopic (exact) mass is 305 g/mol. The first-order valence-corrected chi connectivity index (χ1v) is 6.97. The highest BCUT2D eigenvalue weighted by Crippen LogP contribution is 2.25. The maximum Gasteiger partial charge on any atom is 0.205 e. The standard InChI is InChI=1S/C13H15N5O2S/c1-19-9-4-2-3-8(5-9)10-6-17-11(20-10)7-21-13(16)18-12(14)15/h2-6H,7H2,1H3,(H5,14,15,16,18). The molecule has 0 fully saturated rings. The van der Waals surface area contributed by atoms with Crippen molar-refractivity contribution in [2.45, 2.75) is 5.75 Å². The Balaban J connectivity index is 2.04. The average Bonchev–Trinajstić information content (AvgIpc) is 2.93. The van der Waals surface area contributed by atoms with Crippen molar-refractivity contribution in [1.82, 2.24) is 4.98 Å². The third-order valence-corrected chi connectivity index (χ3v) is 3.23. The summed E-state index contributed by atoms with van der Waals surface area (Å²) in [6.45, 7) is 0. The van der Waals surface area contributed by atoms with Crippen LogP contribution < -0.4 is 16.2 Å². The normalized spacial score (nSPS) is 10.1. The zero-order valence-corrected chi connectivity index (χ0v) is 12.2. The van der Waals surface area contributed by atoms with Gasteiger partial charge >= 0.3 is 0 Å². The molecule has 0 radical (unpaired) electrons. The van der Waals surface area contributed by atoms with Gasteiger partial charge in [0.15, 0.2) is 16.9 Å². The van der Waals surface area contributed by atoms with Gasteiger partial charge in [-0.25, -0.2) is 4.98 Å². The molecule has 2 aromatic rings. The Kier molecular flexibility index (Phi) is 4.83. The van der Waals surface area contributed by atoms with Crippen LogP contribution in [-0.4, -0.2) is 23.2 Å². The van der Waals surface area contributed by atoms with E-state index >= 15 is 0 Å². The number of hydrogen-bond donors (Lipinski definition) is 3. The summed E-state index contributed by atoms with van der Waals surface area (Å²) in [5, 5.41) is 7.53. The van der Waals surface area contributed by atoms with E-state index in [1.807, 2.05) is 24.3 Å². The molecule has 0 atom stereocenters. The number of nitrogens with one attached hydrogen (secondary N) is 1. The van der Waals surface area contributed by atoms with Gasteiger partial charge in [-0.2, -0.15) is 4.99 Å². The quantitative estimate of drug-likeness (QED) is 0.584. The Morgan fingerprint density at radius 3 is 3.00 bits per heavy atom. The summed E-state index contributed by atoms with van der Waals surface area (Å²) in [5.74, 6) is 2.11. The van der Waals surface area contributed by atoms with E-state index in [0.29, 0.717) is 17.4 Å². The summed E-state index contributed by atoms with van der Waals surface area (Å²) in [4.78, 5) is 7.78. The first-order chi connectivity index (χ1) is 10.1. The summed E-state index contributed by atoms with van der Waals surface area (Å²) in [5.41, 5.74) is 11.3. The Labute approximate surface area is 125 Å². The maximum atomic E-state index is 7.52. The molecule has 0 amide bonds. The number of nitrogens with two attached hydrogens (primary N) is 2. The van der Waals surface area contributed by atoms with Gasteiger partial charge in [-0.1, -0.05) is 23.9 Å². The second-order valence-corrected chi connectivity index (χ2v) is 4.94. The molecular formula is C13H15N5O2S. The molecule has 0 saturated carbocycles. The SMILES string of the molecule is COc1cccc(-c2cnc(CSC(=N)N=C(N)N)o2)c1. The lowest BCUT2D eigenvalue weighted by atomic mass is 10.2. The average molecular weight is 305 g/mol. The zero-order chi connectivity index (χ0) is 15.2. The van der Waals surface area contributed by atoms with Crippen LogP contribution in [0.3, 0.4) is 0 Å². The molecule has 0 saturated heterocycles. The van der Waals surface area contributed by atoms with Gasteiger partial charge in [-0.05, 0) is 12.1 Å². The molecule has 110 valence electrons. The molecule has 8 heteroatoms. The molecular weight excluding hydrogens is 290 g/mol.